The zero-order valence-corrected chi connectivity index (χ0v) is 20.2. The highest BCUT2D eigenvalue weighted by molar-refractivity contribution is 8.26. The summed E-state index contributed by atoms with van der Waals surface area (Å²) >= 11 is 6.57. The van der Waals surface area contributed by atoms with Crippen LogP contribution >= 0.6 is 24.0 Å². The Hall–Kier alpha value is -2.92. The largest absolute Gasteiger partial charge is 0.450 e. The fourth-order valence-electron chi connectivity index (χ4n) is 3.82. The monoisotopic (exact) mass is 487 g/mol. The number of ether oxygens (including phenoxy) is 1. The summed E-state index contributed by atoms with van der Waals surface area (Å²) in [4.78, 5) is 48.7. The molecule has 2 aromatic rings. The number of thiocarbonyl (C=S) groups is 1. The first-order valence-electron chi connectivity index (χ1n) is 10.9. The Morgan fingerprint density at radius 1 is 1.21 bits per heavy atom. The molecule has 0 spiro atoms. The summed E-state index contributed by atoms with van der Waals surface area (Å²) in [6, 6.07) is 5.35. The number of carbonyl (C=O) groups is 2. The maximum atomic E-state index is 13.4. The third-order valence-corrected chi connectivity index (χ3v) is 6.83. The normalized spacial score (nSPS) is 18.0. The second-order valence-corrected chi connectivity index (χ2v) is 9.27. The zero-order valence-electron chi connectivity index (χ0n) is 18.5. The number of nitrogens with zero attached hydrogens (tertiary/aromatic N) is 5. The number of amides is 2. The van der Waals surface area contributed by atoms with Crippen LogP contribution < -0.4 is 10.5 Å². The van der Waals surface area contributed by atoms with Crippen molar-refractivity contribution >= 4 is 57.8 Å². The number of hydrogen-bond donors (Lipinski definition) is 0. The third kappa shape index (κ3) is 4.60. The van der Waals surface area contributed by atoms with Gasteiger partial charge in [-0.25, -0.2) is 9.78 Å². The second kappa shape index (κ2) is 9.92. The minimum Gasteiger partial charge on any atom is -0.450 e. The fraction of sp³-hybridized carbons (Fsp3) is 0.409. The van der Waals surface area contributed by atoms with Crippen LogP contribution in [0.3, 0.4) is 0 Å². The third-order valence-electron chi connectivity index (χ3n) is 5.45. The van der Waals surface area contributed by atoms with Crippen molar-refractivity contribution < 1.29 is 14.3 Å². The Morgan fingerprint density at radius 3 is 2.67 bits per heavy atom. The van der Waals surface area contributed by atoms with Crippen molar-refractivity contribution in [2.75, 3.05) is 44.2 Å². The van der Waals surface area contributed by atoms with E-state index in [1.807, 2.05) is 17.9 Å². The van der Waals surface area contributed by atoms with Gasteiger partial charge in [-0.05, 0) is 31.6 Å². The van der Waals surface area contributed by atoms with E-state index in [1.54, 1.807) is 41.1 Å². The molecule has 11 heteroatoms. The Bertz CT molecular complexity index is 1190. The molecule has 0 N–H and O–H groups in total. The van der Waals surface area contributed by atoms with Gasteiger partial charge in [0.15, 0.2) is 0 Å². The fourth-order valence-corrected chi connectivity index (χ4v) is 5.11. The van der Waals surface area contributed by atoms with E-state index in [0.29, 0.717) is 65.6 Å². The van der Waals surface area contributed by atoms with Crippen LogP contribution in [0, 0.1) is 0 Å². The van der Waals surface area contributed by atoms with Gasteiger partial charge in [0.2, 0.25) is 0 Å². The van der Waals surface area contributed by atoms with Crippen LogP contribution in [0.15, 0.2) is 34.1 Å². The number of hydrogen-bond acceptors (Lipinski definition) is 8. The van der Waals surface area contributed by atoms with Crippen LogP contribution in [0.5, 0.6) is 0 Å². The Balaban J connectivity index is 1.72. The molecule has 9 nitrogen and oxygen atoms in total. The molecule has 2 aliphatic heterocycles. The smallest absolute Gasteiger partial charge is 0.409 e. The molecule has 2 fully saturated rings. The summed E-state index contributed by atoms with van der Waals surface area (Å²) in [5.41, 5.74) is 0.588. The molecule has 33 heavy (non-hydrogen) atoms. The molecule has 174 valence electrons. The van der Waals surface area contributed by atoms with Crippen molar-refractivity contribution in [1.29, 1.82) is 0 Å². The lowest BCUT2D eigenvalue weighted by atomic mass is 10.2. The van der Waals surface area contributed by atoms with E-state index in [9.17, 15) is 14.4 Å². The summed E-state index contributed by atoms with van der Waals surface area (Å²) in [6.45, 7) is 6.51. The molecule has 0 bridgehead atoms. The number of pyridine rings is 1. The number of aromatic nitrogens is 2. The molecule has 0 saturated carbocycles. The molecule has 2 saturated heterocycles. The summed E-state index contributed by atoms with van der Waals surface area (Å²) in [5.74, 6) is 0.304. The van der Waals surface area contributed by atoms with Crippen molar-refractivity contribution in [1.82, 2.24) is 19.2 Å². The van der Waals surface area contributed by atoms with E-state index in [2.05, 4.69) is 0 Å². The number of fused-ring (bicyclic) bond motifs is 1. The van der Waals surface area contributed by atoms with E-state index in [0.717, 1.165) is 6.42 Å². The Morgan fingerprint density at radius 2 is 1.97 bits per heavy atom. The lowest BCUT2D eigenvalue weighted by Crippen LogP contribution is -2.49. The summed E-state index contributed by atoms with van der Waals surface area (Å²) in [5, 5.41) is 0. The Labute approximate surface area is 201 Å². The van der Waals surface area contributed by atoms with Crippen molar-refractivity contribution in [3.8, 4) is 0 Å². The van der Waals surface area contributed by atoms with Crippen LogP contribution in [0.1, 0.15) is 25.8 Å². The molecule has 2 amide bonds. The standard InChI is InChI=1S/C22H25N5O4S2/c1-3-8-27-20(29)16(33-22(27)32)14-15-18(23-17-7-5-6-9-26(17)19(15)28)24-10-12-25(13-11-24)21(30)31-4-2/h5-7,9,14H,3-4,8,10-13H2,1-2H3. The molecule has 0 radical (unpaired) electrons. The first kappa shape index (κ1) is 23.2. The van der Waals surface area contributed by atoms with Gasteiger partial charge in [-0.1, -0.05) is 37.0 Å². The molecule has 4 heterocycles. The average molecular weight is 488 g/mol. The van der Waals surface area contributed by atoms with Gasteiger partial charge in [-0.3, -0.25) is 18.9 Å². The molecule has 4 rings (SSSR count). The van der Waals surface area contributed by atoms with Crippen LogP contribution in [-0.4, -0.2) is 74.8 Å². The lowest BCUT2D eigenvalue weighted by molar-refractivity contribution is -0.122. The van der Waals surface area contributed by atoms with Gasteiger partial charge in [0.25, 0.3) is 11.5 Å². The predicted octanol–water partition coefficient (Wildman–Crippen LogP) is 2.58. The van der Waals surface area contributed by atoms with E-state index < -0.39 is 0 Å². The lowest BCUT2D eigenvalue weighted by Gasteiger charge is -2.35. The molecule has 2 aromatic heterocycles. The molecular formula is C22H25N5O4S2. The van der Waals surface area contributed by atoms with E-state index >= 15 is 0 Å². The highest BCUT2D eigenvalue weighted by Gasteiger charge is 2.33. The highest BCUT2D eigenvalue weighted by atomic mass is 32.2. The number of thioether (sulfide) groups is 1. The molecule has 0 aromatic carbocycles. The number of anilines is 1. The Kier molecular flexibility index (Phi) is 6.99. The van der Waals surface area contributed by atoms with E-state index in [1.165, 1.54) is 16.2 Å². The van der Waals surface area contributed by atoms with Crippen LogP contribution in [0.4, 0.5) is 10.6 Å². The van der Waals surface area contributed by atoms with Gasteiger partial charge in [0, 0.05) is 38.9 Å². The zero-order chi connectivity index (χ0) is 23.5. The van der Waals surface area contributed by atoms with Gasteiger partial charge >= 0.3 is 6.09 Å². The second-order valence-electron chi connectivity index (χ2n) is 7.59. The van der Waals surface area contributed by atoms with Crippen molar-refractivity contribution in [2.24, 2.45) is 0 Å². The summed E-state index contributed by atoms with van der Waals surface area (Å²) in [7, 11) is 0. The minimum absolute atomic E-state index is 0.192. The van der Waals surface area contributed by atoms with Crippen LogP contribution in [0.2, 0.25) is 0 Å². The summed E-state index contributed by atoms with van der Waals surface area (Å²) in [6.07, 6.45) is 3.71. The number of rotatable bonds is 5. The highest BCUT2D eigenvalue weighted by Crippen LogP contribution is 2.33. The first-order valence-corrected chi connectivity index (χ1v) is 12.1. The summed E-state index contributed by atoms with van der Waals surface area (Å²) < 4.78 is 7.06. The van der Waals surface area contributed by atoms with Gasteiger partial charge in [-0.15, -0.1) is 0 Å². The topological polar surface area (TPSA) is 87.5 Å². The molecular weight excluding hydrogens is 462 g/mol. The first-order chi connectivity index (χ1) is 15.9. The molecule has 0 aliphatic carbocycles. The number of piperazine rings is 1. The molecule has 0 atom stereocenters. The maximum Gasteiger partial charge on any atom is 0.409 e. The van der Waals surface area contributed by atoms with E-state index in [-0.39, 0.29) is 17.6 Å². The SMILES string of the molecule is CCCN1C(=O)C(=Cc2c(N3CCN(C(=O)OCC)CC3)nc3ccccn3c2=O)SC1=S. The predicted molar refractivity (Wildman–Crippen MR) is 132 cm³/mol. The van der Waals surface area contributed by atoms with Gasteiger partial charge in [0.1, 0.15) is 15.8 Å². The average Bonchev–Trinajstić information content (AvgIpc) is 3.09. The van der Waals surface area contributed by atoms with Gasteiger partial charge < -0.3 is 14.5 Å². The van der Waals surface area contributed by atoms with E-state index in [4.69, 9.17) is 21.9 Å². The number of carbonyl (C=O) groups excluding carboxylic acids is 2. The molecule has 2 aliphatic rings. The quantitative estimate of drug-likeness (QED) is 0.470. The van der Waals surface area contributed by atoms with Gasteiger partial charge in [-0.2, -0.15) is 0 Å². The van der Waals surface area contributed by atoms with Crippen molar-refractivity contribution in [3.63, 3.8) is 0 Å². The molecule has 0 unspecified atom stereocenters. The van der Waals surface area contributed by atoms with Crippen molar-refractivity contribution in [2.45, 2.75) is 20.3 Å². The minimum atomic E-state index is -0.344. The van der Waals surface area contributed by atoms with Crippen LogP contribution in [-0.2, 0) is 9.53 Å². The van der Waals surface area contributed by atoms with Crippen molar-refractivity contribution in [3.05, 3.63) is 45.2 Å². The van der Waals surface area contributed by atoms with Crippen LogP contribution in [0.25, 0.3) is 11.7 Å². The van der Waals surface area contributed by atoms with Gasteiger partial charge in [0.05, 0.1) is 17.1 Å². The maximum absolute atomic E-state index is 13.4.